The van der Waals surface area contributed by atoms with Crippen LogP contribution in [0.2, 0.25) is 0 Å². The van der Waals surface area contributed by atoms with E-state index in [9.17, 15) is 18.5 Å². The second-order valence-electron chi connectivity index (χ2n) is 7.77. The Hall–Kier alpha value is -0.790. The number of benzene rings is 1. The normalized spacial score (nSPS) is 11.7. The predicted octanol–water partition coefficient (Wildman–Crippen LogP) is 8.10. The van der Waals surface area contributed by atoms with Crippen LogP contribution in [0.1, 0.15) is 96.8 Å². The van der Waals surface area contributed by atoms with Crippen LogP contribution >= 0.6 is 22.4 Å². The molecule has 0 bridgehead atoms. The molecule has 8 heteroatoms. The van der Waals surface area contributed by atoms with Crippen LogP contribution in [0, 0.1) is 10.1 Å². The lowest BCUT2D eigenvalue weighted by atomic mass is 10.0. The van der Waals surface area contributed by atoms with E-state index in [1.54, 1.807) is 0 Å². The number of unbranched alkanes of at least 4 members (excludes halogenated alkanes) is 13. The Morgan fingerprint density at radius 2 is 1.33 bits per heavy atom. The van der Waals surface area contributed by atoms with Crippen molar-refractivity contribution in [2.24, 2.45) is 0 Å². The van der Waals surface area contributed by atoms with Gasteiger partial charge in [-0.05, 0) is 24.3 Å². The summed E-state index contributed by atoms with van der Waals surface area (Å²) < 4.78 is 22.7. The molecule has 0 unspecified atom stereocenters. The lowest BCUT2D eigenvalue weighted by Crippen LogP contribution is -1.96. The highest BCUT2D eigenvalue weighted by Gasteiger charge is 2.19. The van der Waals surface area contributed by atoms with Gasteiger partial charge in [-0.2, -0.15) is 0 Å². The van der Waals surface area contributed by atoms with Gasteiger partial charge in [-0.1, -0.05) is 90.4 Å². The molecule has 1 aromatic rings. The zero-order valence-electron chi connectivity index (χ0n) is 18.1. The van der Waals surface area contributed by atoms with Gasteiger partial charge in [-0.25, -0.2) is 8.42 Å². The van der Waals surface area contributed by atoms with Crippen molar-refractivity contribution in [2.75, 3.05) is 5.75 Å². The van der Waals surface area contributed by atoms with Crippen molar-refractivity contribution in [3.8, 4) is 0 Å². The zero-order chi connectivity index (χ0) is 22.2. The van der Waals surface area contributed by atoms with Crippen LogP contribution in [-0.4, -0.2) is 19.1 Å². The highest BCUT2D eigenvalue weighted by Crippen LogP contribution is 2.33. The maximum absolute atomic E-state index is 11.4. The van der Waals surface area contributed by atoms with Crippen LogP contribution < -0.4 is 0 Å². The summed E-state index contributed by atoms with van der Waals surface area (Å²) in [6.07, 6.45) is 18.1. The molecule has 172 valence electrons. The van der Waals surface area contributed by atoms with Gasteiger partial charge in [0.05, 0.1) is 14.7 Å². The fourth-order valence-electron chi connectivity index (χ4n) is 3.39. The first-order valence-corrected chi connectivity index (χ1v) is 14.5. The van der Waals surface area contributed by atoms with Crippen LogP contribution in [0.3, 0.4) is 0 Å². The third-order valence-electron chi connectivity index (χ3n) is 5.16. The summed E-state index contributed by atoms with van der Waals surface area (Å²) >= 11 is 1.40. The van der Waals surface area contributed by atoms with Gasteiger partial charge in [0, 0.05) is 16.7 Å². The van der Waals surface area contributed by atoms with Gasteiger partial charge in [0.25, 0.3) is 14.7 Å². The Morgan fingerprint density at radius 3 is 1.77 bits per heavy atom. The van der Waals surface area contributed by atoms with Gasteiger partial charge in [-0.15, -0.1) is 11.8 Å². The second-order valence-corrected chi connectivity index (χ2v) is 11.5. The molecule has 5 nitrogen and oxygen atoms in total. The number of halogens is 1. The molecule has 0 saturated carbocycles. The van der Waals surface area contributed by atoms with Crippen molar-refractivity contribution >= 4 is 37.2 Å². The largest absolute Gasteiger partial charge is 0.284 e. The number of rotatable bonds is 18. The first-order valence-electron chi connectivity index (χ1n) is 11.2. The van der Waals surface area contributed by atoms with E-state index in [4.69, 9.17) is 10.7 Å². The molecule has 0 fully saturated rings. The molecule has 0 N–H and O–H groups in total. The number of hydrogen-bond donors (Lipinski definition) is 0. The first-order chi connectivity index (χ1) is 14.4. The van der Waals surface area contributed by atoms with Crippen molar-refractivity contribution in [1.82, 2.24) is 0 Å². The topological polar surface area (TPSA) is 77.3 Å². The molecule has 0 atom stereocenters. The van der Waals surface area contributed by atoms with Crippen molar-refractivity contribution in [3.63, 3.8) is 0 Å². The van der Waals surface area contributed by atoms with Crippen LogP contribution in [0.25, 0.3) is 0 Å². The molecule has 0 amide bonds. The average Bonchev–Trinajstić information content (AvgIpc) is 2.70. The van der Waals surface area contributed by atoms with Gasteiger partial charge in [-0.3, -0.25) is 10.1 Å². The maximum Gasteiger partial charge on any atom is 0.284 e. The quantitative estimate of drug-likeness (QED) is 0.0701. The number of nitro benzene ring substituents is 1. The number of hydrogen-bond acceptors (Lipinski definition) is 5. The summed E-state index contributed by atoms with van der Waals surface area (Å²) in [5, 5.41) is 11.2. The fourth-order valence-corrected chi connectivity index (χ4v) is 5.18. The van der Waals surface area contributed by atoms with E-state index in [0.717, 1.165) is 24.7 Å². The minimum atomic E-state index is -3.97. The summed E-state index contributed by atoms with van der Waals surface area (Å²) in [7, 11) is 1.31. The molecule has 1 rings (SSSR count). The lowest BCUT2D eigenvalue weighted by molar-refractivity contribution is -0.388. The molecule has 0 aliphatic heterocycles. The first kappa shape index (κ1) is 27.2. The molecule has 30 heavy (non-hydrogen) atoms. The standard InChI is InChI=1S/C22H36ClNO4S2/c1-2-3-4-5-6-7-8-9-10-11-12-13-14-15-18-29-22-17-16-20(30(23,27)28)19-21(22)24(25)26/h16-17,19H,2-15,18H2,1H3. The number of thioether (sulfide) groups is 1. The molecular formula is C22H36ClNO4S2. The number of nitrogens with zero attached hydrogens (tertiary/aromatic N) is 1. The molecule has 0 radical (unpaired) electrons. The third-order valence-corrected chi connectivity index (χ3v) is 7.66. The third kappa shape index (κ3) is 12.2. The van der Waals surface area contributed by atoms with E-state index >= 15 is 0 Å². The Balaban J connectivity index is 2.10. The fraction of sp³-hybridized carbons (Fsp3) is 0.727. The molecule has 0 aliphatic carbocycles. The van der Waals surface area contributed by atoms with E-state index in [-0.39, 0.29) is 10.6 Å². The van der Waals surface area contributed by atoms with Crippen LogP contribution in [0.4, 0.5) is 5.69 Å². The summed E-state index contributed by atoms with van der Waals surface area (Å²) in [6, 6.07) is 3.83. The monoisotopic (exact) mass is 477 g/mol. The molecule has 0 aromatic heterocycles. The number of nitro groups is 1. The van der Waals surface area contributed by atoms with Crippen LogP contribution in [0.5, 0.6) is 0 Å². The predicted molar refractivity (Wildman–Crippen MR) is 127 cm³/mol. The van der Waals surface area contributed by atoms with E-state index in [1.165, 1.54) is 101 Å². The van der Waals surface area contributed by atoms with Crippen molar-refractivity contribution < 1.29 is 13.3 Å². The molecule has 0 heterocycles. The van der Waals surface area contributed by atoms with Gasteiger partial charge in [0.15, 0.2) is 0 Å². The zero-order valence-corrected chi connectivity index (χ0v) is 20.5. The second kappa shape index (κ2) is 15.9. The Kier molecular flexibility index (Phi) is 14.5. The van der Waals surface area contributed by atoms with Gasteiger partial charge in [0.2, 0.25) is 0 Å². The van der Waals surface area contributed by atoms with Crippen molar-refractivity contribution in [3.05, 3.63) is 28.3 Å². The minimum absolute atomic E-state index is 0.202. The van der Waals surface area contributed by atoms with Crippen molar-refractivity contribution in [1.29, 1.82) is 0 Å². The molecule has 1 aromatic carbocycles. The smallest absolute Gasteiger partial charge is 0.258 e. The highest BCUT2D eigenvalue weighted by molar-refractivity contribution is 8.13. The minimum Gasteiger partial charge on any atom is -0.258 e. The van der Waals surface area contributed by atoms with E-state index < -0.39 is 14.0 Å². The summed E-state index contributed by atoms with van der Waals surface area (Å²) in [5.74, 6) is 0.784. The molecule has 0 spiro atoms. The Labute approximate surface area is 190 Å². The van der Waals surface area contributed by atoms with E-state index in [2.05, 4.69) is 6.92 Å². The van der Waals surface area contributed by atoms with Gasteiger partial charge in [0.1, 0.15) is 0 Å². The summed E-state index contributed by atoms with van der Waals surface area (Å²) in [6.45, 7) is 2.25. The maximum atomic E-state index is 11.4. The van der Waals surface area contributed by atoms with Gasteiger partial charge < -0.3 is 0 Å². The summed E-state index contributed by atoms with van der Waals surface area (Å²) in [4.78, 5) is 10.9. The SMILES string of the molecule is CCCCCCCCCCCCCCCCSc1ccc(S(=O)(=O)Cl)cc1[N+](=O)[O-]. The molecule has 0 aliphatic rings. The van der Waals surface area contributed by atoms with E-state index in [1.807, 2.05) is 0 Å². The Morgan fingerprint density at radius 1 is 0.867 bits per heavy atom. The van der Waals surface area contributed by atoms with Gasteiger partial charge >= 0.3 is 0 Å². The van der Waals surface area contributed by atoms with Crippen LogP contribution in [-0.2, 0) is 9.05 Å². The van der Waals surface area contributed by atoms with Crippen molar-refractivity contribution in [2.45, 2.75) is 107 Å². The highest BCUT2D eigenvalue weighted by atomic mass is 35.7. The summed E-state index contributed by atoms with van der Waals surface area (Å²) in [5.41, 5.74) is -0.202. The van der Waals surface area contributed by atoms with Crippen LogP contribution in [0.15, 0.2) is 28.0 Å². The molecular weight excluding hydrogens is 442 g/mol. The Bertz CT molecular complexity index is 726. The average molecular weight is 478 g/mol. The lowest BCUT2D eigenvalue weighted by Gasteiger charge is -2.05. The molecule has 0 saturated heterocycles. The van der Waals surface area contributed by atoms with E-state index in [0.29, 0.717) is 4.90 Å².